The molecule has 0 amide bonds. The molecule has 62 valence electrons. The fourth-order valence-corrected chi connectivity index (χ4v) is 3.87. The van der Waals surface area contributed by atoms with Gasteiger partial charge in [0.1, 0.15) is 0 Å². The molecule has 0 N–H and O–H groups in total. The van der Waals surface area contributed by atoms with Crippen LogP contribution in [0.1, 0.15) is 11.8 Å². The summed E-state index contributed by atoms with van der Waals surface area (Å²) in [6.07, 6.45) is 5.45. The largest absolute Gasteiger partial charge is 0.133 e. The van der Waals surface area contributed by atoms with Crippen molar-refractivity contribution in [2.45, 2.75) is 22.4 Å². The van der Waals surface area contributed by atoms with Crippen LogP contribution in [-0.2, 0) is 6.42 Å². The smallest absolute Gasteiger partial charge is 0.0734 e. The molecule has 11 heavy (non-hydrogen) atoms. The lowest BCUT2D eigenvalue weighted by molar-refractivity contribution is 1.18. The standard InChI is InChI=1S/C8H12S3/c1-4-6-5-7(9-2)8(10-3)11-6/h5H,4H2,1-3H3. The maximum absolute atomic E-state index is 2.31. The minimum atomic E-state index is 1.17. The van der Waals surface area contributed by atoms with Crippen molar-refractivity contribution in [3.63, 3.8) is 0 Å². The molecular weight excluding hydrogens is 192 g/mol. The summed E-state index contributed by atoms with van der Waals surface area (Å²) >= 11 is 5.63. The Morgan fingerprint density at radius 3 is 2.45 bits per heavy atom. The second kappa shape index (κ2) is 4.43. The molecule has 0 aliphatic heterocycles. The summed E-state index contributed by atoms with van der Waals surface area (Å²) in [5.41, 5.74) is 0. The molecule has 0 saturated carbocycles. The summed E-state index contributed by atoms with van der Waals surface area (Å²) < 4.78 is 1.47. The molecule has 1 rings (SSSR count). The molecule has 1 aromatic heterocycles. The summed E-state index contributed by atoms with van der Waals surface area (Å²) in [7, 11) is 0. The van der Waals surface area contributed by atoms with Gasteiger partial charge in [0.05, 0.1) is 4.21 Å². The highest BCUT2D eigenvalue weighted by Gasteiger charge is 2.04. The molecule has 0 spiro atoms. The van der Waals surface area contributed by atoms with Gasteiger partial charge in [-0.3, -0.25) is 0 Å². The fraction of sp³-hybridized carbons (Fsp3) is 0.500. The summed E-state index contributed by atoms with van der Waals surface area (Å²) in [6, 6.07) is 2.31. The van der Waals surface area contributed by atoms with E-state index in [1.807, 2.05) is 34.9 Å². The quantitative estimate of drug-likeness (QED) is 0.688. The minimum Gasteiger partial charge on any atom is -0.133 e. The third-order valence-electron chi connectivity index (χ3n) is 1.47. The zero-order valence-electron chi connectivity index (χ0n) is 7.01. The summed E-state index contributed by atoms with van der Waals surface area (Å²) in [6.45, 7) is 2.21. The van der Waals surface area contributed by atoms with Gasteiger partial charge in [0.15, 0.2) is 0 Å². The van der Waals surface area contributed by atoms with Gasteiger partial charge in [-0.1, -0.05) is 6.92 Å². The van der Waals surface area contributed by atoms with Crippen molar-refractivity contribution in [2.75, 3.05) is 12.5 Å². The normalized spacial score (nSPS) is 10.5. The third-order valence-corrected chi connectivity index (χ3v) is 4.91. The second-order valence-corrected chi connectivity index (χ2v) is 5.19. The van der Waals surface area contributed by atoms with Crippen LogP contribution in [0, 0.1) is 0 Å². The highest BCUT2D eigenvalue weighted by Crippen LogP contribution is 2.36. The Bertz CT molecular complexity index is 206. The fourth-order valence-electron chi connectivity index (χ4n) is 0.863. The Hall–Kier alpha value is 0.400. The van der Waals surface area contributed by atoms with E-state index in [-0.39, 0.29) is 0 Å². The van der Waals surface area contributed by atoms with E-state index in [9.17, 15) is 0 Å². The zero-order valence-corrected chi connectivity index (χ0v) is 9.46. The Labute approximate surface area is 80.8 Å². The van der Waals surface area contributed by atoms with Crippen molar-refractivity contribution < 1.29 is 0 Å². The van der Waals surface area contributed by atoms with Crippen molar-refractivity contribution in [3.05, 3.63) is 10.9 Å². The lowest BCUT2D eigenvalue weighted by Gasteiger charge is -1.92. The van der Waals surface area contributed by atoms with Crippen molar-refractivity contribution in [2.24, 2.45) is 0 Å². The molecule has 0 aliphatic carbocycles. The van der Waals surface area contributed by atoms with Gasteiger partial charge in [-0.05, 0) is 25.0 Å². The van der Waals surface area contributed by atoms with Gasteiger partial charge in [0, 0.05) is 9.77 Å². The van der Waals surface area contributed by atoms with Crippen LogP contribution >= 0.6 is 34.9 Å². The van der Waals surface area contributed by atoms with Crippen molar-refractivity contribution in [1.29, 1.82) is 0 Å². The molecule has 0 bridgehead atoms. The first-order valence-corrected chi connectivity index (χ1v) is 6.79. The van der Waals surface area contributed by atoms with Gasteiger partial charge in [-0.2, -0.15) is 0 Å². The van der Waals surface area contributed by atoms with E-state index < -0.39 is 0 Å². The monoisotopic (exact) mass is 204 g/mol. The topological polar surface area (TPSA) is 0 Å². The van der Waals surface area contributed by atoms with Crippen LogP contribution in [0.15, 0.2) is 15.2 Å². The van der Waals surface area contributed by atoms with E-state index in [0.717, 1.165) is 0 Å². The molecule has 1 heterocycles. The predicted octanol–water partition coefficient (Wildman–Crippen LogP) is 3.75. The van der Waals surface area contributed by atoms with Crippen LogP contribution in [-0.4, -0.2) is 12.5 Å². The molecule has 0 radical (unpaired) electrons. The first-order chi connectivity index (χ1) is 5.31. The van der Waals surface area contributed by atoms with Gasteiger partial charge in [-0.25, -0.2) is 0 Å². The van der Waals surface area contributed by atoms with Gasteiger partial charge >= 0.3 is 0 Å². The van der Waals surface area contributed by atoms with Gasteiger partial charge < -0.3 is 0 Å². The molecule has 1 aromatic rings. The van der Waals surface area contributed by atoms with Crippen LogP contribution in [0.2, 0.25) is 0 Å². The molecule has 0 aliphatic rings. The van der Waals surface area contributed by atoms with Crippen LogP contribution < -0.4 is 0 Å². The summed E-state index contributed by atoms with van der Waals surface area (Å²) in [5.74, 6) is 0. The molecule has 0 aromatic carbocycles. The van der Waals surface area contributed by atoms with Crippen LogP contribution in [0.5, 0.6) is 0 Å². The van der Waals surface area contributed by atoms with E-state index in [0.29, 0.717) is 0 Å². The molecule has 0 unspecified atom stereocenters. The molecule has 0 fully saturated rings. The lowest BCUT2D eigenvalue weighted by atomic mass is 10.4. The SMILES string of the molecule is CCc1cc(SC)c(SC)s1. The average molecular weight is 204 g/mol. The highest BCUT2D eigenvalue weighted by atomic mass is 32.2. The molecule has 0 nitrogen and oxygen atoms in total. The lowest BCUT2D eigenvalue weighted by Crippen LogP contribution is -1.65. The molecule has 3 heteroatoms. The van der Waals surface area contributed by atoms with Crippen LogP contribution in [0.3, 0.4) is 0 Å². The summed E-state index contributed by atoms with van der Waals surface area (Å²) in [4.78, 5) is 2.94. The van der Waals surface area contributed by atoms with Crippen molar-refractivity contribution >= 4 is 34.9 Å². The summed E-state index contributed by atoms with van der Waals surface area (Å²) in [5, 5.41) is 0. The minimum absolute atomic E-state index is 1.17. The van der Waals surface area contributed by atoms with Crippen molar-refractivity contribution in [1.82, 2.24) is 0 Å². The maximum atomic E-state index is 2.31. The van der Waals surface area contributed by atoms with E-state index in [4.69, 9.17) is 0 Å². The molecular formula is C8H12S3. The Balaban J connectivity index is 2.92. The van der Waals surface area contributed by atoms with Crippen molar-refractivity contribution in [3.8, 4) is 0 Å². The van der Waals surface area contributed by atoms with E-state index in [1.54, 1.807) is 0 Å². The third kappa shape index (κ3) is 2.17. The van der Waals surface area contributed by atoms with E-state index in [2.05, 4.69) is 25.5 Å². The predicted molar refractivity (Wildman–Crippen MR) is 57.3 cm³/mol. The van der Waals surface area contributed by atoms with Gasteiger partial charge in [-0.15, -0.1) is 34.9 Å². The van der Waals surface area contributed by atoms with E-state index >= 15 is 0 Å². The first-order valence-electron chi connectivity index (χ1n) is 3.52. The number of thioether (sulfide) groups is 2. The Morgan fingerprint density at radius 1 is 1.36 bits per heavy atom. The van der Waals surface area contributed by atoms with Gasteiger partial charge in [0.2, 0.25) is 0 Å². The Morgan fingerprint density at radius 2 is 2.09 bits per heavy atom. The number of rotatable bonds is 3. The highest BCUT2D eigenvalue weighted by molar-refractivity contribution is 8.03. The average Bonchev–Trinajstić information content (AvgIpc) is 2.46. The van der Waals surface area contributed by atoms with Gasteiger partial charge in [0.25, 0.3) is 0 Å². The Kier molecular flexibility index (Phi) is 3.82. The zero-order chi connectivity index (χ0) is 8.27. The maximum Gasteiger partial charge on any atom is 0.0734 e. The second-order valence-electron chi connectivity index (χ2n) is 2.13. The van der Waals surface area contributed by atoms with Crippen LogP contribution in [0.4, 0.5) is 0 Å². The first kappa shape index (κ1) is 9.49. The van der Waals surface area contributed by atoms with Crippen LogP contribution in [0.25, 0.3) is 0 Å². The number of thiophene rings is 1. The molecule has 0 atom stereocenters. The number of aryl methyl sites for hydroxylation is 1. The number of hydrogen-bond acceptors (Lipinski definition) is 3. The van der Waals surface area contributed by atoms with E-state index in [1.165, 1.54) is 20.4 Å². The number of hydrogen-bond donors (Lipinski definition) is 0. The molecule has 0 saturated heterocycles.